The van der Waals surface area contributed by atoms with Gasteiger partial charge >= 0.3 is 0 Å². The van der Waals surface area contributed by atoms with Crippen molar-refractivity contribution >= 4 is 17.7 Å². The molecule has 1 N–H and O–H groups in total. The zero-order chi connectivity index (χ0) is 18.1. The average molecular weight is 365 g/mol. The van der Waals surface area contributed by atoms with Crippen LogP contribution in [-0.4, -0.2) is 24.3 Å². The van der Waals surface area contributed by atoms with Crippen molar-refractivity contribution in [2.24, 2.45) is 0 Å². The van der Waals surface area contributed by atoms with Gasteiger partial charge in [-0.3, -0.25) is 4.79 Å². The number of ether oxygens (including phenoxy) is 1. The predicted molar refractivity (Wildman–Crippen MR) is 96.7 cm³/mol. The molecule has 25 heavy (non-hydrogen) atoms. The minimum absolute atomic E-state index is 0.0680. The van der Waals surface area contributed by atoms with E-state index in [-0.39, 0.29) is 17.5 Å². The number of nitrogens with one attached hydrogen (secondary N) is 1. The van der Waals surface area contributed by atoms with Gasteiger partial charge in [0.25, 0.3) is 5.91 Å². The van der Waals surface area contributed by atoms with Gasteiger partial charge in [-0.05, 0) is 30.2 Å². The Morgan fingerprint density at radius 1 is 1.12 bits per heavy atom. The van der Waals surface area contributed by atoms with Crippen molar-refractivity contribution in [1.82, 2.24) is 5.32 Å². The van der Waals surface area contributed by atoms with Gasteiger partial charge in [0.2, 0.25) is 0 Å². The van der Waals surface area contributed by atoms with Crippen molar-refractivity contribution in [3.63, 3.8) is 0 Å². The van der Waals surface area contributed by atoms with Gasteiger partial charge in [0, 0.05) is 18.1 Å². The molecule has 0 aliphatic heterocycles. The highest BCUT2D eigenvalue weighted by Crippen LogP contribution is 2.18. The molecule has 2 aromatic rings. The van der Waals surface area contributed by atoms with Crippen LogP contribution in [0.25, 0.3) is 0 Å². The number of carbonyl (C=O) groups is 1. The van der Waals surface area contributed by atoms with E-state index in [0.717, 1.165) is 0 Å². The largest absolute Gasteiger partial charge is 0.478 e. The molecule has 6 heteroatoms. The van der Waals surface area contributed by atoms with Crippen molar-refractivity contribution in [1.29, 1.82) is 0 Å². The Balaban J connectivity index is 1.73. The van der Waals surface area contributed by atoms with Crippen LogP contribution in [0.3, 0.4) is 0 Å². The molecule has 0 saturated heterocycles. The highest BCUT2D eigenvalue weighted by atomic mass is 32.2. The number of thioether (sulfide) groups is 1. The molecule has 0 aliphatic rings. The number of benzene rings is 2. The highest BCUT2D eigenvalue weighted by molar-refractivity contribution is 7.98. The van der Waals surface area contributed by atoms with Crippen LogP contribution in [0, 0.1) is 11.6 Å². The zero-order valence-corrected chi connectivity index (χ0v) is 14.8. The summed E-state index contributed by atoms with van der Waals surface area (Å²) in [5, 5.41) is 2.77. The summed E-state index contributed by atoms with van der Waals surface area (Å²) in [6.07, 6.45) is -0.309. The van der Waals surface area contributed by atoms with Crippen LogP contribution >= 0.6 is 11.8 Å². The molecule has 0 fully saturated rings. The zero-order valence-electron chi connectivity index (χ0n) is 14.0. The second-order valence-electron chi connectivity index (χ2n) is 5.38. The van der Waals surface area contributed by atoms with E-state index >= 15 is 0 Å². The van der Waals surface area contributed by atoms with E-state index in [2.05, 4.69) is 5.32 Å². The fourth-order valence-corrected chi connectivity index (χ4v) is 3.02. The standard InChI is InChI=1S/C19H21F2NO2S/c1-2-17(24-18-10-6-5-9-16(18)21)19(23)22-11-12-25-13-14-7-3-4-8-15(14)20/h3-10,17H,2,11-13H2,1H3,(H,22,23)/t17-/m0/s1. The third kappa shape index (κ3) is 6.05. The van der Waals surface area contributed by atoms with E-state index in [9.17, 15) is 13.6 Å². The number of amides is 1. The van der Waals surface area contributed by atoms with E-state index in [1.54, 1.807) is 37.3 Å². The van der Waals surface area contributed by atoms with E-state index in [4.69, 9.17) is 4.74 Å². The molecular formula is C19H21F2NO2S. The molecule has 1 amide bonds. The third-order valence-corrected chi connectivity index (χ3v) is 4.54. The number of para-hydroxylation sites is 1. The Kier molecular flexibility index (Phi) is 7.73. The molecule has 3 nitrogen and oxygen atoms in total. The molecule has 0 aliphatic carbocycles. The first-order valence-corrected chi connectivity index (χ1v) is 9.27. The molecule has 0 radical (unpaired) electrons. The van der Waals surface area contributed by atoms with Crippen molar-refractivity contribution in [2.45, 2.75) is 25.2 Å². The van der Waals surface area contributed by atoms with Crippen molar-refractivity contribution in [3.05, 3.63) is 65.7 Å². The number of hydrogen-bond acceptors (Lipinski definition) is 3. The lowest BCUT2D eigenvalue weighted by molar-refractivity contribution is -0.128. The lowest BCUT2D eigenvalue weighted by Gasteiger charge is -2.17. The Morgan fingerprint density at radius 3 is 2.48 bits per heavy atom. The first-order chi connectivity index (χ1) is 12.1. The summed E-state index contributed by atoms with van der Waals surface area (Å²) in [4.78, 5) is 12.1. The van der Waals surface area contributed by atoms with Gasteiger partial charge in [0.1, 0.15) is 5.82 Å². The van der Waals surface area contributed by atoms with Crippen LogP contribution in [0.5, 0.6) is 5.75 Å². The molecular weight excluding hydrogens is 344 g/mol. The van der Waals surface area contributed by atoms with Crippen LogP contribution in [-0.2, 0) is 10.5 Å². The van der Waals surface area contributed by atoms with Crippen LogP contribution in [0.4, 0.5) is 8.78 Å². The predicted octanol–water partition coefficient (Wildman–Crippen LogP) is 4.17. The summed E-state index contributed by atoms with van der Waals surface area (Å²) < 4.78 is 32.5. The highest BCUT2D eigenvalue weighted by Gasteiger charge is 2.19. The molecule has 0 bridgehead atoms. The minimum atomic E-state index is -0.742. The topological polar surface area (TPSA) is 38.3 Å². The SMILES string of the molecule is CC[C@H](Oc1ccccc1F)C(=O)NCCSCc1ccccc1F. The lowest BCUT2D eigenvalue weighted by Crippen LogP contribution is -2.39. The summed E-state index contributed by atoms with van der Waals surface area (Å²) in [6, 6.07) is 12.6. The average Bonchev–Trinajstić information content (AvgIpc) is 2.62. The van der Waals surface area contributed by atoms with E-state index in [1.165, 1.54) is 30.0 Å². The van der Waals surface area contributed by atoms with Gasteiger partial charge in [-0.2, -0.15) is 11.8 Å². The number of hydrogen-bond donors (Lipinski definition) is 1. The Bertz CT molecular complexity index is 697. The molecule has 0 heterocycles. The maximum Gasteiger partial charge on any atom is 0.261 e. The van der Waals surface area contributed by atoms with Crippen molar-refractivity contribution < 1.29 is 18.3 Å². The normalized spacial score (nSPS) is 11.8. The van der Waals surface area contributed by atoms with Gasteiger partial charge < -0.3 is 10.1 Å². The summed E-state index contributed by atoms with van der Waals surface area (Å²) in [6.45, 7) is 2.24. The van der Waals surface area contributed by atoms with Crippen LogP contribution in [0.2, 0.25) is 0 Å². The Morgan fingerprint density at radius 2 is 1.80 bits per heavy atom. The van der Waals surface area contributed by atoms with Crippen LogP contribution < -0.4 is 10.1 Å². The number of halogens is 2. The van der Waals surface area contributed by atoms with E-state index in [1.807, 2.05) is 0 Å². The number of carbonyl (C=O) groups excluding carboxylic acids is 1. The van der Waals surface area contributed by atoms with Gasteiger partial charge in [-0.1, -0.05) is 37.3 Å². The quantitative estimate of drug-likeness (QED) is 0.678. The fraction of sp³-hybridized carbons (Fsp3) is 0.316. The lowest BCUT2D eigenvalue weighted by atomic mass is 10.2. The van der Waals surface area contributed by atoms with E-state index in [0.29, 0.717) is 30.0 Å². The molecule has 2 aromatic carbocycles. The molecule has 2 rings (SSSR count). The van der Waals surface area contributed by atoms with Gasteiger partial charge in [-0.25, -0.2) is 8.78 Å². The first-order valence-electron chi connectivity index (χ1n) is 8.12. The second-order valence-corrected chi connectivity index (χ2v) is 6.49. The third-order valence-electron chi connectivity index (χ3n) is 3.53. The smallest absolute Gasteiger partial charge is 0.261 e. The summed E-state index contributed by atoms with van der Waals surface area (Å²) in [5.41, 5.74) is 0.646. The summed E-state index contributed by atoms with van der Waals surface area (Å²) >= 11 is 1.53. The Hall–Kier alpha value is -2.08. The van der Waals surface area contributed by atoms with E-state index < -0.39 is 11.9 Å². The molecule has 1 atom stereocenters. The van der Waals surface area contributed by atoms with Crippen molar-refractivity contribution in [3.8, 4) is 5.75 Å². The van der Waals surface area contributed by atoms with Crippen molar-refractivity contribution in [2.75, 3.05) is 12.3 Å². The van der Waals surface area contributed by atoms with Gasteiger partial charge in [-0.15, -0.1) is 0 Å². The second kappa shape index (κ2) is 10.0. The van der Waals surface area contributed by atoms with Crippen LogP contribution in [0.1, 0.15) is 18.9 Å². The molecule has 0 aromatic heterocycles. The molecule has 0 unspecified atom stereocenters. The maximum atomic E-state index is 13.6. The van der Waals surface area contributed by atoms with Crippen LogP contribution in [0.15, 0.2) is 48.5 Å². The summed E-state index contributed by atoms with van der Waals surface area (Å²) in [7, 11) is 0. The molecule has 0 saturated carbocycles. The fourth-order valence-electron chi connectivity index (χ4n) is 2.17. The maximum absolute atomic E-state index is 13.6. The molecule has 0 spiro atoms. The summed E-state index contributed by atoms with van der Waals surface area (Å²) in [5.74, 6) is 0.273. The Labute approximate surface area is 150 Å². The van der Waals surface area contributed by atoms with Gasteiger partial charge in [0.15, 0.2) is 17.7 Å². The number of rotatable bonds is 9. The van der Waals surface area contributed by atoms with Gasteiger partial charge in [0.05, 0.1) is 0 Å². The minimum Gasteiger partial charge on any atom is -0.478 e. The molecule has 134 valence electrons. The first kappa shape index (κ1) is 19.2. The monoisotopic (exact) mass is 365 g/mol.